The Morgan fingerprint density at radius 3 is 2.20 bits per heavy atom. The molecule has 0 heterocycles. The fourth-order valence-electron chi connectivity index (χ4n) is 1.87. The van der Waals surface area contributed by atoms with E-state index in [0.29, 0.717) is 17.5 Å². The van der Waals surface area contributed by atoms with Crippen LogP contribution in [-0.2, 0) is 10.0 Å². The van der Waals surface area contributed by atoms with E-state index in [2.05, 4.69) is 0 Å². The molecule has 0 spiro atoms. The van der Waals surface area contributed by atoms with E-state index in [1.807, 2.05) is 6.92 Å². The molecule has 2 aromatic rings. The van der Waals surface area contributed by atoms with Crippen molar-refractivity contribution >= 4 is 22.0 Å². The van der Waals surface area contributed by atoms with Gasteiger partial charge in [0.2, 0.25) is 0 Å². The fraction of sp³-hybridized carbons (Fsp3) is 0.133. The Labute approximate surface area is 118 Å². The van der Waals surface area contributed by atoms with Crippen molar-refractivity contribution in [1.29, 1.82) is 0 Å². The second-order valence-corrected chi connectivity index (χ2v) is 6.43. The topological polar surface area (TPSA) is 54.5 Å². The predicted octanol–water partition coefficient (Wildman–Crippen LogP) is 2.63. The Morgan fingerprint density at radius 1 is 1.00 bits per heavy atom. The molecule has 0 aliphatic carbocycles. The van der Waals surface area contributed by atoms with E-state index < -0.39 is 10.0 Å². The van der Waals surface area contributed by atoms with Crippen LogP contribution < -0.4 is 4.31 Å². The molecule has 2 aromatic carbocycles. The van der Waals surface area contributed by atoms with Gasteiger partial charge < -0.3 is 0 Å². The van der Waals surface area contributed by atoms with Crippen molar-refractivity contribution in [3.63, 3.8) is 0 Å². The number of anilines is 1. The lowest BCUT2D eigenvalue weighted by Crippen LogP contribution is -2.27. The summed E-state index contributed by atoms with van der Waals surface area (Å²) in [5.74, 6) is 0. The highest BCUT2D eigenvalue weighted by atomic mass is 32.2. The van der Waals surface area contributed by atoms with Gasteiger partial charge in [-0.1, -0.05) is 29.8 Å². The highest BCUT2D eigenvalue weighted by molar-refractivity contribution is 7.92. The standard InChI is InChI=1S/C15H15NO3S/c1-12-7-9-14(10-8-12)20(18,19)16(2)15-6-4-3-5-13(15)11-17/h3-11H,1-2H3. The van der Waals surface area contributed by atoms with Gasteiger partial charge >= 0.3 is 0 Å². The van der Waals surface area contributed by atoms with Gasteiger partial charge in [0, 0.05) is 12.6 Å². The van der Waals surface area contributed by atoms with E-state index >= 15 is 0 Å². The Hall–Kier alpha value is -2.14. The van der Waals surface area contributed by atoms with E-state index in [-0.39, 0.29) is 4.90 Å². The highest BCUT2D eigenvalue weighted by Gasteiger charge is 2.22. The lowest BCUT2D eigenvalue weighted by atomic mass is 10.2. The molecule has 2 rings (SSSR count). The van der Waals surface area contributed by atoms with Gasteiger partial charge in [0.15, 0.2) is 6.29 Å². The molecule has 0 radical (unpaired) electrons. The molecule has 20 heavy (non-hydrogen) atoms. The zero-order valence-electron chi connectivity index (χ0n) is 11.3. The zero-order chi connectivity index (χ0) is 14.8. The Morgan fingerprint density at radius 2 is 1.60 bits per heavy atom. The number of rotatable bonds is 4. The van der Waals surface area contributed by atoms with Crippen LogP contribution in [0.4, 0.5) is 5.69 Å². The van der Waals surface area contributed by atoms with Crippen molar-refractivity contribution in [3.05, 3.63) is 59.7 Å². The third kappa shape index (κ3) is 2.58. The second-order valence-electron chi connectivity index (χ2n) is 4.46. The number of hydrogen-bond donors (Lipinski definition) is 0. The van der Waals surface area contributed by atoms with Crippen LogP contribution in [0.25, 0.3) is 0 Å². The van der Waals surface area contributed by atoms with Crippen LogP contribution in [0.15, 0.2) is 53.4 Å². The number of benzene rings is 2. The molecule has 104 valence electrons. The largest absolute Gasteiger partial charge is 0.298 e. The summed E-state index contributed by atoms with van der Waals surface area (Å²) in [6.45, 7) is 1.89. The minimum Gasteiger partial charge on any atom is -0.298 e. The number of aldehydes is 1. The van der Waals surface area contributed by atoms with Crippen molar-refractivity contribution in [2.45, 2.75) is 11.8 Å². The van der Waals surface area contributed by atoms with Gasteiger partial charge in [-0.05, 0) is 31.2 Å². The lowest BCUT2D eigenvalue weighted by molar-refractivity contribution is 0.112. The number of aryl methyl sites for hydroxylation is 1. The van der Waals surface area contributed by atoms with E-state index in [1.54, 1.807) is 48.5 Å². The fourth-order valence-corrected chi connectivity index (χ4v) is 3.09. The van der Waals surface area contributed by atoms with Crippen molar-refractivity contribution in [3.8, 4) is 0 Å². The third-order valence-corrected chi connectivity index (χ3v) is 4.87. The molecule has 0 saturated carbocycles. The van der Waals surface area contributed by atoms with Gasteiger partial charge in [0.1, 0.15) is 0 Å². The maximum Gasteiger partial charge on any atom is 0.264 e. The van der Waals surface area contributed by atoms with Crippen LogP contribution in [0.5, 0.6) is 0 Å². The number of para-hydroxylation sites is 1. The Balaban J connectivity index is 2.48. The molecule has 0 unspecified atom stereocenters. The first-order chi connectivity index (χ1) is 9.46. The first-order valence-corrected chi connectivity index (χ1v) is 7.50. The minimum absolute atomic E-state index is 0.200. The summed E-state index contributed by atoms with van der Waals surface area (Å²) < 4.78 is 26.2. The highest BCUT2D eigenvalue weighted by Crippen LogP contribution is 2.24. The third-order valence-electron chi connectivity index (χ3n) is 3.08. The molecule has 0 aliphatic rings. The van der Waals surface area contributed by atoms with Crippen molar-refractivity contribution < 1.29 is 13.2 Å². The molecule has 0 aliphatic heterocycles. The lowest BCUT2D eigenvalue weighted by Gasteiger charge is -2.20. The SMILES string of the molecule is Cc1ccc(S(=O)(=O)N(C)c2ccccc2C=O)cc1. The molecule has 0 N–H and O–H groups in total. The second kappa shape index (κ2) is 5.46. The normalized spacial score (nSPS) is 11.1. The molecular formula is C15H15NO3S. The van der Waals surface area contributed by atoms with Crippen molar-refractivity contribution in [2.75, 3.05) is 11.4 Å². The first kappa shape index (κ1) is 14.3. The summed E-state index contributed by atoms with van der Waals surface area (Å²) in [5.41, 5.74) is 1.69. The van der Waals surface area contributed by atoms with Crippen LogP contribution in [0.2, 0.25) is 0 Å². The van der Waals surface area contributed by atoms with Gasteiger partial charge in [0.05, 0.1) is 10.6 Å². The molecule has 0 atom stereocenters. The zero-order valence-corrected chi connectivity index (χ0v) is 12.1. The predicted molar refractivity (Wildman–Crippen MR) is 78.6 cm³/mol. The number of carbonyl (C=O) groups is 1. The number of carbonyl (C=O) groups excluding carboxylic acids is 1. The molecule has 0 amide bonds. The molecule has 4 nitrogen and oxygen atoms in total. The van der Waals surface area contributed by atoms with Crippen molar-refractivity contribution in [2.24, 2.45) is 0 Å². The van der Waals surface area contributed by atoms with Gasteiger partial charge in [-0.25, -0.2) is 8.42 Å². The summed E-state index contributed by atoms with van der Waals surface area (Å²) in [4.78, 5) is 11.2. The van der Waals surface area contributed by atoms with Crippen LogP contribution >= 0.6 is 0 Å². The van der Waals surface area contributed by atoms with Gasteiger partial charge in [0.25, 0.3) is 10.0 Å². The molecule has 0 aromatic heterocycles. The number of nitrogens with zero attached hydrogens (tertiary/aromatic N) is 1. The van der Waals surface area contributed by atoms with E-state index in [0.717, 1.165) is 9.87 Å². The van der Waals surface area contributed by atoms with E-state index in [1.165, 1.54) is 7.05 Å². The molecule has 0 bridgehead atoms. The summed E-state index contributed by atoms with van der Waals surface area (Å²) >= 11 is 0. The van der Waals surface area contributed by atoms with Crippen LogP contribution in [0.3, 0.4) is 0 Å². The summed E-state index contributed by atoms with van der Waals surface area (Å²) in [7, 11) is -2.22. The van der Waals surface area contributed by atoms with Gasteiger partial charge in [-0.3, -0.25) is 9.10 Å². The van der Waals surface area contributed by atoms with Crippen LogP contribution in [0, 0.1) is 6.92 Å². The average Bonchev–Trinajstić information content (AvgIpc) is 2.46. The maximum absolute atomic E-state index is 12.5. The summed E-state index contributed by atoms with van der Waals surface area (Å²) in [6, 6.07) is 13.2. The quantitative estimate of drug-likeness (QED) is 0.813. The van der Waals surface area contributed by atoms with Crippen molar-refractivity contribution in [1.82, 2.24) is 0 Å². The van der Waals surface area contributed by atoms with Crippen LogP contribution in [0.1, 0.15) is 15.9 Å². The number of hydrogen-bond acceptors (Lipinski definition) is 3. The van der Waals surface area contributed by atoms with E-state index in [9.17, 15) is 13.2 Å². The molecular weight excluding hydrogens is 274 g/mol. The minimum atomic E-state index is -3.67. The Bertz CT molecular complexity index is 721. The first-order valence-electron chi connectivity index (χ1n) is 6.06. The smallest absolute Gasteiger partial charge is 0.264 e. The van der Waals surface area contributed by atoms with Gasteiger partial charge in [-0.2, -0.15) is 0 Å². The molecule has 0 fully saturated rings. The monoisotopic (exact) mass is 289 g/mol. The van der Waals surface area contributed by atoms with Gasteiger partial charge in [-0.15, -0.1) is 0 Å². The van der Waals surface area contributed by atoms with E-state index in [4.69, 9.17) is 0 Å². The average molecular weight is 289 g/mol. The maximum atomic E-state index is 12.5. The van der Waals surface area contributed by atoms with Crippen LogP contribution in [-0.4, -0.2) is 21.8 Å². The number of sulfonamides is 1. The summed E-state index contributed by atoms with van der Waals surface area (Å²) in [5, 5.41) is 0. The summed E-state index contributed by atoms with van der Waals surface area (Å²) in [6.07, 6.45) is 0.649. The molecule has 5 heteroatoms. The molecule has 0 saturated heterocycles. The Kier molecular flexibility index (Phi) is 3.90.